The van der Waals surface area contributed by atoms with E-state index in [1.165, 1.54) is 22.7 Å². The van der Waals surface area contributed by atoms with Crippen LogP contribution in [0.15, 0.2) is 24.3 Å². The molecule has 0 bridgehead atoms. The van der Waals surface area contributed by atoms with Crippen LogP contribution in [0.2, 0.25) is 0 Å². The summed E-state index contributed by atoms with van der Waals surface area (Å²) in [5.41, 5.74) is 4.12. The van der Waals surface area contributed by atoms with Gasteiger partial charge in [-0.3, -0.25) is 4.79 Å². The third kappa shape index (κ3) is 13.4. The Morgan fingerprint density at radius 3 is 1.68 bits per heavy atom. The van der Waals surface area contributed by atoms with Gasteiger partial charge in [0.25, 0.3) is 5.91 Å². The average Bonchev–Trinajstić information content (AvgIpc) is 3.32. The normalized spacial score (nSPS) is 10.5. The smallest absolute Gasteiger partial charge is 0.407 e. The molecule has 0 aromatic carbocycles. The van der Waals surface area contributed by atoms with Crippen molar-refractivity contribution in [3.8, 4) is 6.07 Å². The molecule has 0 aliphatic heterocycles. The lowest BCUT2D eigenvalue weighted by Crippen LogP contribution is -2.31. The molecule has 0 saturated heterocycles. The molecule has 11 heteroatoms. The van der Waals surface area contributed by atoms with Crippen LogP contribution in [0.3, 0.4) is 0 Å². The highest BCUT2D eigenvalue weighted by atomic mass is 32.1. The van der Waals surface area contributed by atoms with E-state index >= 15 is 0 Å². The Balaban J connectivity index is 0.000000623. The SMILES string of the molecule is C.CC(C)(C)OC(=O)NCc1ccc(C#N)s1.CC(C)(C)OC(=O)NCc1ccc(C(N)=O)s1. The highest BCUT2D eigenvalue weighted by Crippen LogP contribution is 2.16. The minimum absolute atomic E-state index is 0. The number of hydrogen-bond acceptors (Lipinski definition) is 8. The molecule has 2 rings (SSSR count). The van der Waals surface area contributed by atoms with Crippen molar-refractivity contribution < 1.29 is 23.9 Å². The number of nitrogens with two attached hydrogens (primary N) is 1. The zero-order valence-corrected chi connectivity index (χ0v) is 21.2. The second-order valence-corrected chi connectivity index (χ2v) is 11.1. The summed E-state index contributed by atoms with van der Waals surface area (Å²) in [6.45, 7) is 11.5. The monoisotopic (exact) mass is 510 g/mol. The highest BCUT2D eigenvalue weighted by Gasteiger charge is 2.17. The van der Waals surface area contributed by atoms with Crippen LogP contribution in [-0.4, -0.2) is 29.3 Å². The fourth-order valence-corrected chi connectivity index (χ4v) is 3.63. The fraction of sp³-hybridized carbons (Fsp3) is 0.478. The molecular weight excluding hydrogens is 476 g/mol. The van der Waals surface area contributed by atoms with Crippen LogP contribution in [0, 0.1) is 11.3 Å². The Morgan fingerprint density at radius 2 is 1.32 bits per heavy atom. The summed E-state index contributed by atoms with van der Waals surface area (Å²) in [5.74, 6) is -0.460. The van der Waals surface area contributed by atoms with Gasteiger partial charge in [-0.25, -0.2) is 9.59 Å². The second-order valence-electron chi connectivity index (χ2n) is 8.72. The van der Waals surface area contributed by atoms with Crippen molar-refractivity contribution in [2.24, 2.45) is 5.73 Å². The Hall–Kier alpha value is -3.10. The van der Waals surface area contributed by atoms with Crippen LogP contribution < -0.4 is 16.4 Å². The zero-order valence-electron chi connectivity index (χ0n) is 19.6. The molecule has 3 amide bonds. The Bertz CT molecular complexity index is 994. The number of carbonyl (C=O) groups excluding carboxylic acids is 3. The number of nitrogens with zero attached hydrogens (tertiary/aromatic N) is 1. The molecule has 2 aromatic rings. The molecule has 0 fully saturated rings. The van der Waals surface area contributed by atoms with E-state index in [0.717, 1.165) is 9.75 Å². The first-order valence-electron chi connectivity index (χ1n) is 9.99. The number of primary amides is 1. The van der Waals surface area contributed by atoms with Gasteiger partial charge in [-0.05, 0) is 65.8 Å². The quantitative estimate of drug-likeness (QED) is 0.507. The third-order valence-electron chi connectivity index (χ3n) is 3.29. The first-order chi connectivity index (χ1) is 15.2. The number of alkyl carbamates (subject to hydrolysis) is 2. The molecule has 34 heavy (non-hydrogen) atoms. The van der Waals surface area contributed by atoms with Crippen LogP contribution >= 0.6 is 22.7 Å². The lowest BCUT2D eigenvalue weighted by atomic mass is 10.2. The summed E-state index contributed by atoms with van der Waals surface area (Å²) in [4.78, 5) is 36.4. The van der Waals surface area contributed by atoms with Crippen molar-refractivity contribution >= 4 is 40.8 Å². The van der Waals surface area contributed by atoms with E-state index in [1.807, 2.05) is 32.9 Å². The van der Waals surface area contributed by atoms with Gasteiger partial charge >= 0.3 is 12.2 Å². The van der Waals surface area contributed by atoms with Gasteiger partial charge in [0.1, 0.15) is 22.1 Å². The molecule has 188 valence electrons. The molecule has 2 heterocycles. The molecule has 2 aromatic heterocycles. The van der Waals surface area contributed by atoms with Gasteiger partial charge in [-0.1, -0.05) is 7.43 Å². The van der Waals surface area contributed by atoms with Crippen molar-refractivity contribution in [3.05, 3.63) is 43.8 Å². The van der Waals surface area contributed by atoms with E-state index in [0.29, 0.717) is 22.8 Å². The topological polar surface area (TPSA) is 144 Å². The largest absolute Gasteiger partial charge is 0.444 e. The van der Waals surface area contributed by atoms with Gasteiger partial charge in [0.15, 0.2) is 0 Å². The summed E-state index contributed by atoms with van der Waals surface area (Å²) in [6, 6.07) is 8.99. The molecule has 0 saturated carbocycles. The van der Waals surface area contributed by atoms with E-state index in [2.05, 4.69) is 10.6 Å². The van der Waals surface area contributed by atoms with Crippen LogP contribution in [0.25, 0.3) is 0 Å². The minimum Gasteiger partial charge on any atom is -0.444 e. The molecule has 0 unspecified atom stereocenters. The van der Waals surface area contributed by atoms with Crippen LogP contribution in [0.5, 0.6) is 0 Å². The number of nitriles is 1. The van der Waals surface area contributed by atoms with Gasteiger partial charge in [-0.2, -0.15) is 5.26 Å². The molecular formula is C23H34N4O5S2. The van der Waals surface area contributed by atoms with E-state index in [1.54, 1.807) is 39.0 Å². The number of rotatable bonds is 5. The lowest BCUT2D eigenvalue weighted by molar-refractivity contribution is 0.0512. The van der Waals surface area contributed by atoms with Crippen LogP contribution in [0.4, 0.5) is 9.59 Å². The highest BCUT2D eigenvalue weighted by molar-refractivity contribution is 7.14. The van der Waals surface area contributed by atoms with Gasteiger partial charge < -0.3 is 25.8 Å². The molecule has 0 radical (unpaired) electrons. The summed E-state index contributed by atoms with van der Waals surface area (Å²) in [7, 11) is 0. The lowest BCUT2D eigenvalue weighted by Gasteiger charge is -2.19. The first kappa shape index (κ1) is 30.9. The second kappa shape index (κ2) is 13.6. The first-order valence-corrected chi connectivity index (χ1v) is 11.6. The van der Waals surface area contributed by atoms with Gasteiger partial charge in [0.2, 0.25) is 0 Å². The average molecular weight is 511 g/mol. The molecule has 4 N–H and O–H groups in total. The summed E-state index contributed by atoms with van der Waals surface area (Å²) >= 11 is 2.62. The van der Waals surface area contributed by atoms with Crippen LogP contribution in [-0.2, 0) is 22.6 Å². The number of hydrogen-bond donors (Lipinski definition) is 3. The van der Waals surface area contributed by atoms with Crippen molar-refractivity contribution in [3.63, 3.8) is 0 Å². The third-order valence-corrected chi connectivity index (χ3v) is 5.38. The van der Waals surface area contributed by atoms with Gasteiger partial charge in [-0.15, -0.1) is 22.7 Å². The molecule has 0 aliphatic rings. The van der Waals surface area contributed by atoms with Gasteiger partial charge in [0, 0.05) is 9.75 Å². The predicted octanol–water partition coefficient (Wildman–Crippen LogP) is 5.15. The van der Waals surface area contributed by atoms with Crippen LogP contribution in [0.1, 0.15) is 73.3 Å². The molecule has 0 spiro atoms. The number of carbonyl (C=O) groups is 3. The summed E-state index contributed by atoms with van der Waals surface area (Å²) in [5, 5.41) is 13.9. The summed E-state index contributed by atoms with van der Waals surface area (Å²) < 4.78 is 10.2. The van der Waals surface area contributed by atoms with Crippen molar-refractivity contribution in [1.29, 1.82) is 5.26 Å². The van der Waals surface area contributed by atoms with Gasteiger partial charge in [0.05, 0.1) is 18.0 Å². The number of nitrogens with one attached hydrogen (secondary N) is 2. The maximum absolute atomic E-state index is 11.4. The Morgan fingerprint density at radius 1 is 0.882 bits per heavy atom. The molecule has 9 nitrogen and oxygen atoms in total. The fourth-order valence-electron chi connectivity index (χ4n) is 2.09. The predicted molar refractivity (Wildman–Crippen MR) is 135 cm³/mol. The number of thiophene rings is 2. The van der Waals surface area contributed by atoms with E-state index in [-0.39, 0.29) is 7.43 Å². The van der Waals surface area contributed by atoms with Crippen molar-refractivity contribution in [2.75, 3.05) is 0 Å². The van der Waals surface area contributed by atoms with Crippen molar-refractivity contribution in [2.45, 2.75) is 73.3 Å². The molecule has 0 atom stereocenters. The number of amides is 3. The van der Waals surface area contributed by atoms with Crippen molar-refractivity contribution in [1.82, 2.24) is 10.6 Å². The van der Waals surface area contributed by atoms with E-state index < -0.39 is 29.3 Å². The minimum atomic E-state index is -0.516. The van der Waals surface area contributed by atoms with E-state index in [9.17, 15) is 14.4 Å². The summed E-state index contributed by atoms with van der Waals surface area (Å²) in [6.07, 6.45) is -0.925. The standard InChI is InChI=1S/C11H16N2O3S.C11H14N2O2S.CH4/c1-11(2,3)16-10(15)13-6-7-4-5-8(17-7)9(12)14;1-11(2,3)15-10(14)13-7-9-5-4-8(6-12)16-9;/h4-5H,6H2,1-3H3,(H2,12,14)(H,13,15);4-5H,7H2,1-3H3,(H,13,14);1H4. The zero-order chi connectivity index (χ0) is 25.2. The Kier molecular flexibility index (Phi) is 12.3. The maximum atomic E-state index is 11.4. The Labute approximate surface area is 209 Å². The maximum Gasteiger partial charge on any atom is 0.407 e. The van der Waals surface area contributed by atoms with E-state index in [4.69, 9.17) is 20.5 Å². The number of ether oxygens (including phenoxy) is 2. The molecule has 0 aliphatic carbocycles.